The van der Waals surface area contributed by atoms with Gasteiger partial charge in [-0.1, -0.05) is 11.6 Å². The minimum absolute atomic E-state index is 0.396. The van der Waals surface area contributed by atoms with Crippen LogP contribution >= 0.6 is 23.4 Å². The SMILES string of the molecule is Cc1nnc(Sc2nccc(CN)c2Cl)n1C. The number of halogens is 1. The fourth-order valence-corrected chi connectivity index (χ4v) is 2.42. The molecule has 0 aliphatic carbocycles. The van der Waals surface area contributed by atoms with E-state index in [1.807, 2.05) is 24.6 Å². The zero-order valence-corrected chi connectivity index (χ0v) is 11.1. The van der Waals surface area contributed by atoms with Gasteiger partial charge in [-0.3, -0.25) is 0 Å². The fourth-order valence-electron chi connectivity index (χ4n) is 1.25. The van der Waals surface area contributed by atoms with E-state index >= 15 is 0 Å². The molecule has 0 aliphatic rings. The second-order valence-electron chi connectivity index (χ2n) is 3.48. The Morgan fingerprint density at radius 1 is 1.47 bits per heavy atom. The first-order chi connectivity index (χ1) is 8.13. The maximum atomic E-state index is 6.20. The quantitative estimate of drug-likeness (QED) is 0.920. The summed E-state index contributed by atoms with van der Waals surface area (Å²) >= 11 is 7.58. The van der Waals surface area contributed by atoms with E-state index in [1.165, 1.54) is 11.8 Å². The second-order valence-corrected chi connectivity index (χ2v) is 4.82. The van der Waals surface area contributed by atoms with Gasteiger partial charge in [0.2, 0.25) is 0 Å². The topological polar surface area (TPSA) is 69.6 Å². The van der Waals surface area contributed by atoms with Gasteiger partial charge in [0.25, 0.3) is 0 Å². The van der Waals surface area contributed by atoms with Gasteiger partial charge in [0, 0.05) is 19.8 Å². The number of rotatable bonds is 3. The summed E-state index contributed by atoms with van der Waals surface area (Å²) in [6.07, 6.45) is 1.69. The molecule has 2 heterocycles. The molecule has 0 aliphatic heterocycles. The summed E-state index contributed by atoms with van der Waals surface area (Å²) in [6, 6.07) is 1.81. The highest BCUT2D eigenvalue weighted by atomic mass is 35.5. The molecule has 17 heavy (non-hydrogen) atoms. The van der Waals surface area contributed by atoms with Crippen LogP contribution in [0.1, 0.15) is 11.4 Å². The summed E-state index contributed by atoms with van der Waals surface area (Å²) in [5.74, 6) is 0.846. The van der Waals surface area contributed by atoms with Gasteiger partial charge in [0.05, 0.1) is 5.02 Å². The van der Waals surface area contributed by atoms with Gasteiger partial charge in [0.1, 0.15) is 10.9 Å². The highest BCUT2D eigenvalue weighted by Crippen LogP contribution is 2.32. The standard InChI is InChI=1S/C10H12ClN5S/c1-6-14-15-10(16(6)2)17-9-8(11)7(5-12)3-4-13-9/h3-4H,5,12H2,1-2H3. The van der Waals surface area contributed by atoms with Crippen LogP contribution in [0.5, 0.6) is 0 Å². The molecule has 2 aromatic rings. The van der Waals surface area contributed by atoms with E-state index in [0.717, 1.165) is 16.5 Å². The Labute approximate surface area is 108 Å². The minimum atomic E-state index is 0.396. The third kappa shape index (κ3) is 2.43. The summed E-state index contributed by atoms with van der Waals surface area (Å²) in [6.45, 7) is 2.29. The molecular weight excluding hydrogens is 258 g/mol. The Kier molecular flexibility index (Phi) is 3.66. The highest BCUT2D eigenvalue weighted by molar-refractivity contribution is 7.99. The van der Waals surface area contributed by atoms with Crippen molar-refractivity contribution in [3.8, 4) is 0 Å². The summed E-state index contributed by atoms with van der Waals surface area (Å²) in [4.78, 5) is 4.23. The molecule has 90 valence electrons. The third-order valence-electron chi connectivity index (χ3n) is 2.40. The van der Waals surface area contributed by atoms with E-state index in [4.69, 9.17) is 17.3 Å². The zero-order chi connectivity index (χ0) is 12.4. The molecule has 0 saturated heterocycles. The maximum absolute atomic E-state index is 6.20. The molecule has 0 spiro atoms. The smallest absolute Gasteiger partial charge is 0.197 e. The number of aromatic nitrogens is 4. The molecule has 0 amide bonds. The Bertz CT molecular complexity index is 539. The van der Waals surface area contributed by atoms with Crippen LogP contribution < -0.4 is 5.73 Å². The molecule has 0 bridgehead atoms. The summed E-state index contributed by atoms with van der Waals surface area (Å²) < 4.78 is 1.89. The third-order valence-corrected chi connectivity index (χ3v) is 3.97. The lowest BCUT2D eigenvalue weighted by molar-refractivity contribution is 0.764. The Hall–Kier alpha value is -1.11. The number of hydrogen-bond donors (Lipinski definition) is 1. The Morgan fingerprint density at radius 2 is 2.24 bits per heavy atom. The van der Waals surface area contributed by atoms with Crippen molar-refractivity contribution in [1.29, 1.82) is 0 Å². The second kappa shape index (κ2) is 5.03. The van der Waals surface area contributed by atoms with Gasteiger partial charge in [0.15, 0.2) is 5.16 Å². The first-order valence-corrected chi connectivity index (χ1v) is 6.20. The lowest BCUT2D eigenvalue weighted by Gasteiger charge is -2.06. The van der Waals surface area contributed by atoms with Crippen LogP contribution in [0, 0.1) is 6.92 Å². The van der Waals surface area contributed by atoms with Crippen LogP contribution in [-0.2, 0) is 13.6 Å². The van der Waals surface area contributed by atoms with E-state index in [2.05, 4.69) is 15.2 Å². The van der Waals surface area contributed by atoms with Gasteiger partial charge in [-0.25, -0.2) is 4.98 Å². The average molecular weight is 270 g/mol. The van der Waals surface area contributed by atoms with Crippen LogP contribution in [0.25, 0.3) is 0 Å². The lowest BCUT2D eigenvalue weighted by Crippen LogP contribution is -1.99. The van der Waals surface area contributed by atoms with Crippen LogP contribution in [0.4, 0.5) is 0 Å². The maximum Gasteiger partial charge on any atom is 0.197 e. The van der Waals surface area contributed by atoms with Crippen molar-refractivity contribution in [3.05, 3.63) is 28.7 Å². The molecular formula is C10H12ClN5S. The summed E-state index contributed by atoms with van der Waals surface area (Å²) in [7, 11) is 1.90. The number of nitrogens with two attached hydrogens (primary N) is 1. The van der Waals surface area contributed by atoms with Crippen LogP contribution in [0.3, 0.4) is 0 Å². The van der Waals surface area contributed by atoms with Crippen molar-refractivity contribution in [2.75, 3.05) is 0 Å². The van der Waals surface area contributed by atoms with E-state index < -0.39 is 0 Å². The molecule has 0 atom stereocenters. The number of aryl methyl sites for hydroxylation is 1. The fraction of sp³-hybridized carbons (Fsp3) is 0.300. The molecule has 0 fully saturated rings. The van der Waals surface area contributed by atoms with Crippen molar-refractivity contribution in [3.63, 3.8) is 0 Å². The van der Waals surface area contributed by atoms with Gasteiger partial charge in [-0.05, 0) is 30.3 Å². The highest BCUT2D eigenvalue weighted by Gasteiger charge is 2.12. The molecule has 0 saturated carbocycles. The average Bonchev–Trinajstić information content (AvgIpc) is 2.64. The Morgan fingerprint density at radius 3 is 2.82 bits per heavy atom. The monoisotopic (exact) mass is 269 g/mol. The lowest BCUT2D eigenvalue weighted by atomic mass is 10.3. The van der Waals surface area contributed by atoms with Crippen molar-refractivity contribution in [2.45, 2.75) is 23.7 Å². The van der Waals surface area contributed by atoms with Gasteiger partial charge >= 0.3 is 0 Å². The molecule has 2 N–H and O–H groups in total. The minimum Gasteiger partial charge on any atom is -0.326 e. The predicted octanol–water partition coefficient (Wildman–Crippen LogP) is 1.78. The van der Waals surface area contributed by atoms with E-state index in [9.17, 15) is 0 Å². The predicted molar refractivity (Wildman–Crippen MR) is 67.0 cm³/mol. The summed E-state index contributed by atoms with van der Waals surface area (Å²) in [5, 5.41) is 10.1. The number of hydrogen-bond acceptors (Lipinski definition) is 5. The van der Waals surface area contributed by atoms with Crippen LogP contribution in [0.15, 0.2) is 22.4 Å². The normalized spacial score (nSPS) is 10.8. The Balaban J connectivity index is 2.33. The molecule has 2 aromatic heterocycles. The van der Waals surface area contributed by atoms with E-state index in [1.54, 1.807) is 6.20 Å². The van der Waals surface area contributed by atoms with E-state index in [-0.39, 0.29) is 0 Å². The number of pyridine rings is 1. The molecule has 5 nitrogen and oxygen atoms in total. The molecule has 7 heteroatoms. The van der Waals surface area contributed by atoms with Gasteiger partial charge in [-0.15, -0.1) is 10.2 Å². The van der Waals surface area contributed by atoms with Crippen LogP contribution in [-0.4, -0.2) is 19.7 Å². The molecule has 2 rings (SSSR count). The zero-order valence-electron chi connectivity index (χ0n) is 9.51. The van der Waals surface area contributed by atoms with Gasteiger partial charge in [-0.2, -0.15) is 0 Å². The first kappa shape index (κ1) is 12.3. The van der Waals surface area contributed by atoms with Gasteiger partial charge < -0.3 is 10.3 Å². The molecule has 0 radical (unpaired) electrons. The molecule has 0 aromatic carbocycles. The van der Waals surface area contributed by atoms with Crippen LogP contribution in [0.2, 0.25) is 5.02 Å². The van der Waals surface area contributed by atoms with Crippen molar-refractivity contribution < 1.29 is 0 Å². The van der Waals surface area contributed by atoms with Crippen molar-refractivity contribution in [1.82, 2.24) is 19.7 Å². The van der Waals surface area contributed by atoms with Crippen molar-refractivity contribution >= 4 is 23.4 Å². The first-order valence-electron chi connectivity index (χ1n) is 5.00. The number of nitrogens with zero attached hydrogens (tertiary/aromatic N) is 4. The summed E-state index contributed by atoms with van der Waals surface area (Å²) in [5.41, 5.74) is 6.47. The molecule has 0 unspecified atom stereocenters. The van der Waals surface area contributed by atoms with E-state index in [0.29, 0.717) is 16.6 Å². The van der Waals surface area contributed by atoms with Crippen molar-refractivity contribution in [2.24, 2.45) is 12.8 Å². The largest absolute Gasteiger partial charge is 0.326 e.